The largest absolute Gasteiger partial charge is 0.416 e. The zero-order valence-corrected chi connectivity index (χ0v) is 25.6. The van der Waals surface area contributed by atoms with E-state index in [1.165, 1.54) is 24.7 Å². The van der Waals surface area contributed by atoms with Crippen LogP contribution < -0.4 is 9.80 Å². The van der Waals surface area contributed by atoms with E-state index in [0.717, 1.165) is 18.4 Å². The van der Waals surface area contributed by atoms with Crippen LogP contribution in [0.1, 0.15) is 31.5 Å². The van der Waals surface area contributed by atoms with Crippen LogP contribution in [-0.4, -0.2) is 94.4 Å². The van der Waals surface area contributed by atoms with Crippen molar-refractivity contribution in [1.82, 2.24) is 29.4 Å². The van der Waals surface area contributed by atoms with Gasteiger partial charge in [-0.1, -0.05) is 0 Å². The molecule has 5 heterocycles. The van der Waals surface area contributed by atoms with Gasteiger partial charge in [-0.3, -0.25) is 14.3 Å². The van der Waals surface area contributed by atoms with E-state index in [1.54, 1.807) is 23.2 Å². The van der Waals surface area contributed by atoms with E-state index in [-0.39, 0.29) is 6.04 Å². The number of anilines is 2. The van der Waals surface area contributed by atoms with Crippen molar-refractivity contribution in [1.29, 1.82) is 0 Å². The van der Waals surface area contributed by atoms with Crippen molar-refractivity contribution in [2.45, 2.75) is 43.4 Å². The molecule has 2 fully saturated rings. The van der Waals surface area contributed by atoms with Gasteiger partial charge in [0.05, 0.1) is 17.1 Å². The van der Waals surface area contributed by atoms with Crippen molar-refractivity contribution in [3.05, 3.63) is 60.8 Å². The Bertz CT molecular complexity index is 1790. The second kappa shape index (κ2) is 12.0. The molecule has 15 heteroatoms. The average Bonchev–Trinajstić information content (AvgIpc) is 3.45. The van der Waals surface area contributed by atoms with Gasteiger partial charge in [0.15, 0.2) is 11.9 Å². The minimum atomic E-state index is -4.54. The SMILES string of the molecule is CC1CN(c2ccc(C(F)(F)F)cc2-c2cnc(N3CCC(S(C)(=O)=O)CC3)nc2)CCN1C(C=O)n1cnc2cccnc21. The number of pyridine rings is 1. The Kier molecular flexibility index (Phi) is 8.24. The lowest BCUT2D eigenvalue weighted by molar-refractivity contribution is -0.137. The number of carbonyl (C=O) groups is 1. The molecule has 2 atom stereocenters. The molecule has 1 aromatic carbocycles. The number of rotatable bonds is 7. The van der Waals surface area contributed by atoms with Gasteiger partial charge in [-0.25, -0.2) is 28.4 Å². The first-order chi connectivity index (χ1) is 21.4. The van der Waals surface area contributed by atoms with Crippen LogP contribution in [0.3, 0.4) is 0 Å². The summed E-state index contributed by atoms with van der Waals surface area (Å²) in [6.45, 7) is 4.31. The molecule has 2 aliphatic rings. The van der Waals surface area contributed by atoms with E-state index in [0.29, 0.717) is 79.5 Å². The Hall–Kier alpha value is -4.11. The van der Waals surface area contributed by atoms with Gasteiger partial charge < -0.3 is 9.80 Å². The molecule has 2 saturated heterocycles. The van der Waals surface area contributed by atoms with Gasteiger partial charge in [-0.2, -0.15) is 13.2 Å². The number of sulfone groups is 1. The summed E-state index contributed by atoms with van der Waals surface area (Å²) in [5.74, 6) is 0.405. The predicted octanol–water partition coefficient (Wildman–Crippen LogP) is 3.83. The van der Waals surface area contributed by atoms with Crippen molar-refractivity contribution in [2.24, 2.45) is 0 Å². The number of aldehydes is 1. The Morgan fingerprint density at radius 1 is 0.978 bits per heavy atom. The summed E-state index contributed by atoms with van der Waals surface area (Å²) < 4.78 is 67.0. The summed E-state index contributed by atoms with van der Waals surface area (Å²) >= 11 is 0. The van der Waals surface area contributed by atoms with Crippen LogP contribution in [0.5, 0.6) is 0 Å². The lowest BCUT2D eigenvalue weighted by atomic mass is 10.0. The van der Waals surface area contributed by atoms with Crippen LogP contribution in [0.4, 0.5) is 24.8 Å². The van der Waals surface area contributed by atoms with Crippen LogP contribution in [0.15, 0.2) is 55.2 Å². The summed E-state index contributed by atoms with van der Waals surface area (Å²) in [7, 11) is -3.13. The van der Waals surface area contributed by atoms with Gasteiger partial charge in [0, 0.05) is 80.4 Å². The number of fused-ring (bicyclic) bond motifs is 1. The summed E-state index contributed by atoms with van der Waals surface area (Å²) in [5, 5.41) is -0.402. The number of aromatic nitrogens is 5. The molecule has 45 heavy (non-hydrogen) atoms. The number of carbonyl (C=O) groups excluding carboxylic acids is 1. The number of benzene rings is 1. The Morgan fingerprint density at radius 2 is 1.71 bits per heavy atom. The van der Waals surface area contributed by atoms with Gasteiger partial charge in [0.2, 0.25) is 5.95 Å². The van der Waals surface area contributed by atoms with Gasteiger partial charge in [-0.05, 0) is 50.1 Å². The molecular weight excluding hydrogens is 609 g/mol. The number of alkyl halides is 3. The van der Waals surface area contributed by atoms with Gasteiger partial charge in [0.25, 0.3) is 0 Å². The third-order valence-corrected chi connectivity index (χ3v) is 10.4. The summed E-state index contributed by atoms with van der Waals surface area (Å²) in [6.07, 6.45) is 4.12. The van der Waals surface area contributed by atoms with Gasteiger partial charge in [0.1, 0.15) is 21.5 Å². The van der Waals surface area contributed by atoms with E-state index in [2.05, 4.69) is 19.9 Å². The van der Waals surface area contributed by atoms with Crippen molar-refractivity contribution >= 4 is 38.9 Å². The first kappa shape index (κ1) is 30.9. The molecule has 0 bridgehead atoms. The normalized spacial score (nSPS) is 19.6. The van der Waals surface area contributed by atoms with Crippen LogP contribution in [0, 0.1) is 0 Å². The highest BCUT2D eigenvalue weighted by molar-refractivity contribution is 7.91. The highest BCUT2D eigenvalue weighted by atomic mass is 32.2. The molecule has 0 N–H and O–H groups in total. The maximum atomic E-state index is 13.8. The maximum absolute atomic E-state index is 13.8. The summed E-state index contributed by atoms with van der Waals surface area (Å²) in [4.78, 5) is 36.0. The van der Waals surface area contributed by atoms with Crippen molar-refractivity contribution in [3.8, 4) is 11.1 Å². The predicted molar refractivity (Wildman–Crippen MR) is 164 cm³/mol. The topological polar surface area (TPSA) is 117 Å². The van der Waals surface area contributed by atoms with Gasteiger partial charge >= 0.3 is 6.18 Å². The fraction of sp³-hybridized carbons (Fsp3) is 0.433. The van der Waals surface area contributed by atoms with Crippen LogP contribution in [-0.2, 0) is 20.8 Å². The Morgan fingerprint density at radius 3 is 2.36 bits per heavy atom. The van der Waals surface area contributed by atoms with Crippen LogP contribution in [0.25, 0.3) is 22.3 Å². The first-order valence-corrected chi connectivity index (χ1v) is 16.6. The highest BCUT2D eigenvalue weighted by Gasteiger charge is 2.35. The highest BCUT2D eigenvalue weighted by Crippen LogP contribution is 2.39. The number of nitrogens with zero attached hydrogens (tertiary/aromatic N) is 8. The minimum absolute atomic E-state index is 0.140. The number of piperazine rings is 1. The quantitative estimate of drug-likeness (QED) is 0.276. The fourth-order valence-corrected chi connectivity index (χ4v) is 7.34. The molecule has 0 amide bonds. The number of piperidine rings is 1. The van der Waals surface area contributed by atoms with Crippen molar-refractivity contribution < 1.29 is 26.4 Å². The molecule has 0 radical (unpaired) electrons. The standard InChI is InChI=1S/C30H33F3N8O3S/c1-20-17-39(12-13-40(20)27(18-42)41-19-37-25-4-3-9-34-28(25)41)26-6-5-22(30(31,32)33)14-24(26)21-15-35-29(36-16-21)38-10-7-23(8-11-38)45(2,43)44/h3-6,9,14-16,18-20,23,27H,7-8,10-13,17H2,1-2H3. The molecule has 0 saturated carbocycles. The van der Waals surface area contributed by atoms with E-state index >= 15 is 0 Å². The van der Waals surface area contributed by atoms with Crippen molar-refractivity contribution in [3.63, 3.8) is 0 Å². The van der Waals surface area contributed by atoms with E-state index < -0.39 is 33.0 Å². The summed E-state index contributed by atoms with van der Waals surface area (Å²) in [6, 6.07) is 7.15. The second-order valence-electron chi connectivity index (χ2n) is 11.6. The molecule has 2 unspecified atom stereocenters. The third kappa shape index (κ3) is 6.23. The summed E-state index contributed by atoms with van der Waals surface area (Å²) in [5.41, 5.74) is 1.89. The van der Waals surface area contributed by atoms with Crippen LogP contribution in [0.2, 0.25) is 0 Å². The number of hydrogen-bond acceptors (Lipinski definition) is 10. The monoisotopic (exact) mass is 642 g/mol. The molecule has 2 aliphatic heterocycles. The third-order valence-electron chi connectivity index (χ3n) is 8.70. The smallest absolute Gasteiger partial charge is 0.368 e. The Labute approximate surface area is 258 Å². The lowest BCUT2D eigenvalue weighted by Crippen LogP contribution is -2.54. The molecule has 3 aromatic heterocycles. The first-order valence-electron chi connectivity index (χ1n) is 14.6. The lowest BCUT2D eigenvalue weighted by Gasteiger charge is -2.44. The maximum Gasteiger partial charge on any atom is 0.416 e. The Balaban J connectivity index is 1.25. The molecule has 11 nitrogen and oxygen atoms in total. The fourth-order valence-electron chi connectivity index (χ4n) is 6.27. The number of halogens is 3. The molecule has 0 aliphatic carbocycles. The average molecular weight is 643 g/mol. The molecular formula is C30H33F3N8O3S. The molecule has 238 valence electrons. The second-order valence-corrected chi connectivity index (χ2v) is 13.9. The number of hydrogen-bond donors (Lipinski definition) is 0. The molecule has 6 rings (SSSR count). The van der Waals surface area contributed by atoms with Crippen LogP contribution >= 0.6 is 0 Å². The molecule has 0 spiro atoms. The van der Waals surface area contributed by atoms with Crippen molar-refractivity contribution in [2.75, 3.05) is 48.8 Å². The van der Waals surface area contributed by atoms with Gasteiger partial charge in [-0.15, -0.1) is 0 Å². The zero-order valence-electron chi connectivity index (χ0n) is 24.8. The van der Waals surface area contributed by atoms with E-state index in [4.69, 9.17) is 0 Å². The minimum Gasteiger partial charge on any atom is -0.368 e. The van der Waals surface area contributed by atoms with E-state index in [9.17, 15) is 26.4 Å². The zero-order chi connectivity index (χ0) is 31.9. The molecule has 4 aromatic rings. The number of imidazole rings is 1. The van der Waals surface area contributed by atoms with E-state index in [1.807, 2.05) is 27.7 Å².